The van der Waals surface area contributed by atoms with Crippen LogP contribution in [0.1, 0.15) is 11.3 Å². The molecule has 0 unspecified atom stereocenters. The highest BCUT2D eigenvalue weighted by atomic mass is 32.2. The Balaban J connectivity index is 1.56. The van der Waals surface area contributed by atoms with Crippen LogP contribution in [0.5, 0.6) is 0 Å². The fourth-order valence-corrected chi connectivity index (χ4v) is 2.96. The van der Waals surface area contributed by atoms with E-state index in [2.05, 4.69) is 9.97 Å². The molecule has 0 bridgehead atoms. The third kappa shape index (κ3) is 4.30. The minimum Gasteiger partial charge on any atom is -0.445 e. The number of hydrogen-bond donors (Lipinski definition) is 0. The molecular weight excluding hydrogens is 336 g/mol. The van der Waals surface area contributed by atoms with Crippen molar-refractivity contribution in [2.45, 2.75) is 18.1 Å². The third-order valence-corrected chi connectivity index (χ3v) is 4.47. The topological polar surface area (TPSA) is 59.7 Å². The summed E-state index contributed by atoms with van der Waals surface area (Å²) < 4.78 is 7.29. The van der Waals surface area contributed by atoms with Crippen molar-refractivity contribution in [2.24, 2.45) is 0 Å². The number of benzene rings is 1. The second kappa shape index (κ2) is 8.02. The van der Waals surface area contributed by atoms with E-state index in [0.29, 0.717) is 13.0 Å². The third-order valence-electron chi connectivity index (χ3n) is 3.81. The van der Waals surface area contributed by atoms with Crippen molar-refractivity contribution in [1.82, 2.24) is 19.3 Å². The summed E-state index contributed by atoms with van der Waals surface area (Å²) in [5, 5.41) is 0.886. The van der Waals surface area contributed by atoms with Crippen LogP contribution in [0.25, 0.3) is 5.65 Å². The molecule has 0 aliphatic rings. The Morgan fingerprint density at radius 2 is 2.12 bits per heavy atom. The summed E-state index contributed by atoms with van der Waals surface area (Å²) in [7, 11) is 1.73. The van der Waals surface area contributed by atoms with Gasteiger partial charge in [0.1, 0.15) is 11.6 Å². The summed E-state index contributed by atoms with van der Waals surface area (Å²) in [5.41, 5.74) is 2.74. The maximum Gasteiger partial charge on any atom is 0.409 e. The second-order valence-electron chi connectivity index (χ2n) is 5.61. The molecule has 6 nitrogen and oxygen atoms in total. The zero-order valence-corrected chi connectivity index (χ0v) is 15.1. The smallest absolute Gasteiger partial charge is 0.409 e. The van der Waals surface area contributed by atoms with Crippen LogP contribution in [0, 0.1) is 0 Å². The Morgan fingerprint density at radius 3 is 2.88 bits per heavy atom. The van der Waals surface area contributed by atoms with Gasteiger partial charge in [0, 0.05) is 38.6 Å². The van der Waals surface area contributed by atoms with Crippen molar-refractivity contribution in [2.75, 3.05) is 19.8 Å². The SMILES string of the molecule is CSc1nc(CCN(C)C(=O)OCc2ccccc2)cn2ccnc12. The van der Waals surface area contributed by atoms with Gasteiger partial charge in [-0.2, -0.15) is 0 Å². The number of fused-ring (bicyclic) bond motifs is 1. The van der Waals surface area contributed by atoms with Crippen LogP contribution in [0.2, 0.25) is 0 Å². The summed E-state index contributed by atoms with van der Waals surface area (Å²) in [6, 6.07) is 9.65. The lowest BCUT2D eigenvalue weighted by Crippen LogP contribution is -2.29. The number of nitrogens with zero attached hydrogens (tertiary/aromatic N) is 4. The van der Waals surface area contributed by atoms with E-state index in [1.165, 1.54) is 0 Å². The standard InChI is InChI=1S/C18H20N4O2S/c1-21(18(23)24-13-14-6-4-3-5-7-14)10-8-15-12-22-11-9-19-16(22)17(20-15)25-2/h3-7,9,11-12H,8,10,13H2,1-2H3. The molecule has 2 aromatic heterocycles. The number of hydrogen-bond acceptors (Lipinski definition) is 5. The monoisotopic (exact) mass is 356 g/mol. The molecule has 0 saturated heterocycles. The van der Waals surface area contributed by atoms with E-state index in [-0.39, 0.29) is 12.7 Å². The lowest BCUT2D eigenvalue weighted by Gasteiger charge is -2.17. The molecule has 7 heteroatoms. The van der Waals surface area contributed by atoms with Crippen molar-refractivity contribution >= 4 is 23.5 Å². The molecule has 0 saturated carbocycles. The van der Waals surface area contributed by atoms with Gasteiger partial charge < -0.3 is 14.0 Å². The Bertz CT molecular complexity index is 851. The van der Waals surface area contributed by atoms with Crippen molar-refractivity contribution < 1.29 is 9.53 Å². The van der Waals surface area contributed by atoms with E-state index >= 15 is 0 Å². The van der Waals surface area contributed by atoms with E-state index in [1.54, 1.807) is 29.9 Å². The van der Waals surface area contributed by atoms with E-state index in [9.17, 15) is 4.79 Å². The number of carbonyl (C=O) groups is 1. The highest BCUT2D eigenvalue weighted by molar-refractivity contribution is 7.98. The molecule has 1 amide bonds. The zero-order chi connectivity index (χ0) is 17.6. The van der Waals surface area contributed by atoms with Crippen LogP contribution >= 0.6 is 11.8 Å². The fourth-order valence-electron chi connectivity index (χ4n) is 2.41. The molecule has 0 atom stereocenters. The molecule has 1 aromatic carbocycles. The number of ether oxygens (including phenoxy) is 1. The number of thioether (sulfide) groups is 1. The van der Waals surface area contributed by atoms with Crippen molar-refractivity contribution in [3.8, 4) is 0 Å². The minimum absolute atomic E-state index is 0.278. The van der Waals surface area contributed by atoms with Gasteiger partial charge >= 0.3 is 6.09 Å². The number of imidazole rings is 1. The number of amides is 1. The Labute approximate surface area is 150 Å². The first-order valence-electron chi connectivity index (χ1n) is 7.96. The summed E-state index contributed by atoms with van der Waals surface area (Å²) >= 11 is 1.56. The molecule has 130 valence electrons. The highest BCUT2D eigenvalue weighted by Crippen LogP contribution is 2.18. The zero-order valence-electron chi connectivity index (χ0n) is 14.3. The Morgan fingerprint density at radius 1 is 1.32 bits per heavy atom. The van der Waals surface area contributed by atoms with Crippen LogP contribution in [-0.2, 0) is 17.8 Å². The van der Waals surface area contributed by atoms with E-state index in [1.807, 2.05) is 53.4 Å². The van der Waals surface area contributed by atoms with E-state index < -0.39 is 0 Å². The number of rotatable bonds is 6. The van der Waals surface area contributed by atoms with E-state index in [0.717, 1.165) is 21.9 Å². The average Bonchev–Trinajstić information content (AvgIpc) is 3.12. The first-order valence-corrected chi connectivity index (χ1v) is 9.18. The molecule has 0 aliphatic heterocycles. The van der Waals surface area contributed by atoms with Crippen molar-refractivity contribution in [1.29, 1.82) is 0 Å². The molecule has 0 N–H and O–H groups in total. The summed E-state index contributed by atoms with van der Waals surface area (Å²) in [6.07, 6.45) is 7.90. The normalized spacial score (nSPS) is 10.8. The van der Waals surface area contributed by atoms with Gasteiger partial charge in [-0.3, -0.25) is 0 Å². The predicted molar refractivity (Wildman–Crippen MR) is 97.7 cm³/mol. The second-order valence-corrected chi connectivity index (χ2v) is 6.41. The molecule has 2 heterocycles. The first kappa shape index (κ1) is 17.3. The van der Waals surface area contributed by atoms with Gasteiger partial charge in [0.05, 0.1) is 5.69 Å². The molecule has 25 heavy (non-hydrogen) atoms. The van der Waals surface area contributed by atoms with Crippen LogP contribution < -0.4 is 0 Å². The Kier molecular flexibility index (Phi) is 5.55. The number of likely N-dealkylation sites (N-methyl/N-ethyl adjacent to an activating group) is 1. The molecule has 3 aromatic rings. The summed E-state index contributed by atoms with van der Waals surface area (Å²) in [4.78, 5) is 22.6. The minimum atomic E-state index is -0.336. The number of aromatic nitrogens is 3. The average molecular weight is 356 g/mol. The van der Waals surface area contributed by atoms with Gasteiger partial charge in [0.2, 0.25) is 0 Å². The quantitative estimate of drug-likeness (QED) is 0.635. The van der Waals surface area contributed by atoms with Gasteiger partial charge in [-0.25, -0.2) is 14.8 Å². The summed E-state index contributed by atoms with van der Waals surface area (Å²) in [6.45, 7) is 0.814. The van der Waals surface area contributed by atoms with Gasteiger partial charge in [-0.1, -0.05) is 30.3 Å². The van der Waals surface area contributed by atoms with Crippen molar-refractivity contribution in [3.05, 3.63) is 60.2 Å². The van der Waals surface area contributed by atoms with Gasteiger partial charge in [0.25, 0.3) is 0 Å². The van der Waals surface area contributed by atoms with Crippen LogP contribution in [-0.4, -0.2) is 45.2 Å². The lowest BCUT2D eigenvalue weighted by atomic mass is 10.2. The molecule has 0 fully saturated rings. The lowest BCUT2D eigenvalue weighted by molar-refractivity contribution is 0.105. The first-order chi connectivity index (χ1) is 12.2. The van der Waals surface area contributed by atoms with Gasteiger partial charge in [0.15, 0.2) is 5.65 Å². The van der Waals surface area contributed by atoms with E-state index in [4.69, 9.17) is 4.74 Å². The maximum atomic E-state index is 12.1. The molecule has 0 aliphatic carbocycles. The van der Waals surface area contributed by atoms with Gasteiger partial charge in [-0.05, 0) is 11.8 Å². The number of carbonyl (C=O) groups excluding carboxylic acids is 1. The summed E-state index contributed by atoms with van der Waals surface area (Å²) in [5.74, 6) is 0. The van der Waals surface area contributed by atoms with Gasteiger partial charge in [-0.15, -0.1) is 11.8 Å². The van der Waals surface area contributed by atoms with Crippen molar-refractivity contribution in [3.63, 3.8) is 0 Å². The molecule has 3 rings (SSSR count). The maximum absolute atomic E-state index is 12.1. The van der Waals surface area contributed by atoms with Crippen LogP contribution in [0.15, 0.2) is 53.9 Å². The van der Waals surface area contributed by atoms with Crippen LogP contribution in [0.3, 0.4) is 0 Å². The molecular formula is C18H20N4O2S. The fraction of sp³-hybridized carbons (Fsp3) is 0.278. The largest absolute Gasteiger partial charge is 0.445 e. The molecule has 0 spiro atoms. The van der Waals surface area contributed by atoms with Crippen LogP contribution in [0.4, 0.5) is 4.79 Å². The highest BCUT2D eigenvalue weighted by Gasteiger charge is 2.12. The Hall–Kier alpha value is -2.54. The molecule has 0 radical (unpaired) electrons. The predicted octanol–water partition coefficient (Wildman–Crippen LogP) is 3.26.